The van der Waals surface area contributed by atoms with Gasteiger partial charge in [-0.1, -0.05) is 0 Å². The highest BCUT2D eigenvalue weighted by Gasteiger charge is 2.15. The first kappa shape index (κ1) is 20.1. The van der Waals surface area contributed by atoms with Crippen LogP contribution < -0.4 is 10.6 Å². The molecule has 138 valence electrons. The van der Waals surface area contributed by atoms with E-state index in [4.69, 9.17) is 0 Å². The fraction of sp³-hybridized carbons (Fsp3) is 0.625. The summed E-state index contributed by atoms with van der Waals surface area (Å²) in [5.74, 6) is 2.87. The van der Waals surface area contributed by atoms with E-state index in [1.807, 2.05) is 6.20 Å². The van der Waals surface area contributed by atoms with Crippen LogP contribution in [0.4, 0.5) is 0 Å². The van der Waals surface area contributed by atoms with Crippen LogP contribution in [0.5, 0.6) is 0 Å². The normalized spacial score (nSPS) is 13.9. The fourth-order valence-corrected chi connectivity index (χ4v) is 3.57. The Kier molecular flexibility index (Phi) is 8.07. The molecule has 0 radical (unpaired) electrons. The van der Waals surface area contributed by atoms with E-state index in [0.717, 1.165) is 55.1 Å². The van der Waals surface area contributed by atoms with Gasteiger partial charge in [0.05, 0.1) is 5.01 Å². The van der Waals surface area contributed by atoms with Crippen molar-refractivity contribution in [3.05, 3.63) is 27.7 Å². The van der Waals surface area contributed by atoms with Crippen LogP contribution in [0.25, 0.3) is 0 Å². The summed E-state index contributed by atoms with van der Waals surface area (Å²) in [7, 11) is 0. The van der Waals surface area contributed by atoms with Crippen molar-refractivity contribution < 1.29 is 0 Å². The first-order valence-electron chi connectivity index (χ1n) is 8.60. The molecule has 1 aliphatic heterocycles. The molecule has 0 amide bonds. The quantitative estimate of drug-likeness (QED) is 0.381. The maximum atomic E-state index is 4.65. The van der Waals surface area contributed by atoms with Crippen molar-refractivity contribution in [1.82, 2.24) is 30.4 Å². The van der Waals surface area contributed by atoms with E-state index in [0.29, 0.717) is 6.54 Å². The Morgan fingerprint density at radius 2 is 2.20 bits per heavy atom. The predicted octanol–water partition coefficient (Wildman–Crippen LogP) is 2.30. The monoisotopic (exact) mass is 475 g/mol. The van der Waals surface area contributed by atoms with Crippen molar-refractivity contribution >= 4 is 41.3 Å². The average Bonchev–Trinajstić information content (AvgIpc) is 3.19. The highest BCUT2D eigenvalue weighted by atomic mass is 127. The highest BCUT2D eigenvalue weighted by molar-refractivity contribution is 14.0. The van der Waals surface area contributed by atoms with Gasteiger partial charge in [-0.05, 0) is 26.7 Å². The Morgan fingerprint density at radius 3 is 2.96 bits per heavy atom. The second-order valence-corrected chi connectivity index (χ2v) is 7.20. The number of rotatable bonds is 6. The van der Waals surface area contributed by atoms with Crippen LogP contribution in [0.1, 0.15) is 41.3 Å². The molecule has 9 heteroatoms. The second-order valence-electron chi connectivity index (χ2n) is 5.88. The lowest BCUT2D eigenvalue weighted by Crippen LogP contribution is -2.38. The molecule has 0 aliphatic carbocycles. The number of aryl methyl sites for hydroxylation is 2. The van der Waals surface area contributed by atoms with Gasteiger partial charge < -0.3 is 15.2 Å². The summed E-state index contributed by atoms with van der Waals surface area (Å²) in [6.45, 7) is 7.37. The number of nitrogens with zero attached hydrogens (tertiary/aromatic N) is 5. The number of nitrogens with one attached hydrogen (secondary N) is 2. The minimum absolute atomic E-state index is 0. The number of fused-ring (bicyclic) bond motifs is 1. The maximum Gasteiger partial charge on any atom is 0.191 e. The van der Waals surface area contributed by atoms with E-state index >= 15 is 0 Å². The van der Waals surface area contributed by atoms with Gasteiger partial charge in [0.2, 0.25) is 0 Å². The summed E-state index contributed by atoms with van der Waals surface area (Å²) < 4.78 is 2.22. The smallest absolute Gasteiger partial charge is 0.191 e. The largest absolute Gasteiger partial charge is 0.357 e. The maximum absolute atomic E-state index is 4.65. The third-order valence-corrected chi connectivity index (χ3v) is 4.93. The summed E-state index contributed by atoms with van der Waals surface area (Å²) in [4.78, 5) is 10.3. The van der Waals surface area contributed by atoms with E-state index in [2.05, 4.69) is 49.2 Å². The molecule has 2 aromatic heterocycles. The minimum Gasteiger partial charge on any atom is -0.357 e. The molecule has 0 spiro atoms. The molecule has 2 N–H and O–H groups in total. The lowest BCUT2D eigenvalue weighted by molar-refractivity contribution is 0.508. The van der Waals surface area contributed by atoms with Gasteiger partial charge in [-0.25, -0.2) is 9.98 Å². The van der Waals surface area contributed by atoms with Gasteiger partial charge >= 0.3 is 0 Å². The molecule has 0 unspecified atom stereocenters. The number of guanidine groups is 1. The summed E-state index contributed by atoms with van der Waals surface area (Å²) in [6, 6.07) is 0. The zero-order chi connectivity index (χ0) is 16.8. The molecule has 3 heterocycles. The molecular weight excluding hydrogens is 449 g/mol. The van der Waals surface area contributed by atoms with Gasteiger partial charge in [-0.15, -0.1) is 45.5 Å². The molecule has 25 heavy (non-hydrogen) atoms. The Morgan fingerprint density at radius 1 is 1.32 bits per heavy atom. The highest BCUT2D eigenvalue weighted by Crippen LogP contribution is 2.14. The first-order chi connectivity index (χ1) is 11.8. The summed E-state index contributed by atoms with van der Waals surface area (Å²) in [6.07, 6.45) is 6.27. The summed E-state index contributed by atoms with van der Waals surface area (Å²) in [5, 5.41) is 16.4. The zero-order valence-electron chi connectivity index (χ0n) is 14.8. The van der Waals surface area contributed by atoms with Gasteiger partial charge in [0.15, 0.2) is 11.8 Å². The zero-order valence-corrected chi connectivity index (χ0v) is 17.9. The van der Waals surface area contributed by atoms with E-state index in [-0.39, 0.29) is 24.0 Å². The molecule has 3 rings (SSSR count). The number of thiazole rings is 1. The van der Waals surface area contributed by atoms with Crippen molar-refractivity contribution in [1.29, 1.82) is 0 Å². The van der Waals surface area contributed by atoms with E-state index < -0.39 is 0 Å². The Labute approximate surface area is 169 Å². The predicted molar refractivity (Wildman–Crippen MR) is 112 cm³/mol. The molecular formula is C16H26IN7S. The Hall–Kier alpha value is -1.23. The standard InChI is InChI=1S/C16H25N7S.HI/c1-3-17-16(18-8-7-15-19-10-12(2)24-15)20-11-14-22-21-13-6-4-5-9-23(13)14;/h10H,3-9,11H2,1-2H3,(H2,17,18,20);1H. The molecule has 0 atom stereocenters. The van der Waals surface area contributed by atoms with Crippen LogP contribution >= 0.6 is 35.3 Å². The van der Waals surface area contributed by atoms with Crippen LogP contribution in [0, 0.1) is 6.92 Å². The number of aliphatic imine (C=N–C) groups is 1. The van der Waals surface area contributed by atoms with Crippen molar-refractivity contribution in [2.24, 2.45) is 4.99 Å². The molecule has 0 saturated carbocycles. The molecule has 1 aliphatic rings. The first-order valence-corrected chi connectivity index (χ1v) is 9.42. The van der Waals surface area contributed by atoms with E-state index in [9.17, 15) is 0 Å². The lowest BCUT2D eigenvalue weighted by atomic mass is 10.2. The SMILES string of the molecule is CCNC(=NCc1nnc2n1CCCC2)NCCc1ncc(C)s1.I. The summed E-state index contributed by atoms with van der Waals surface area (Å²) in [5.41, 5.74) is 0. The van der Waals surface area contributed by atoms with Gasteiger partial charge in [0.25, 0.3) is 0 Å². The molecule has 7 nitrogen and oxygen atoms in total. The van der Waals surface area contributed by atoms with Crippen LogP contribution in [-0.4, -0.2) is 38.8 Å². The third-order valence-electron chi connectivity index (χ3n) is 3.96. The van der Waals surface area contributed by atoms with Crippen molar-refractivity contribution in [3.8, 4) is 0 Å². The molecule has 0 aromatic carbocycles. The van der Waals surface area contributed by atoms with Crippen LogP contribution in [-0.2, 0) is 25.9 Å². The number of halogens is 1. The minimum atomic E-state index is 0. The van der Waals surface area contributed by atoms with Gasteiger partial charge in [0.1, 0.15) is 12.4 Å². The Bertz CT molecular complexity index is 694. The van der Waals surface area contributed by atoms with Gasteiger partial charge in [0, 0.05) is 43.5 Å². The molecule has 2 aromatic rings. The molecule has 0 saturated heterocycles. The number of hydrogen-bond acceptors (Lipinski definition) is 5. The van der Waals surface area contributed by atoms with Crippen molar-refractivity contribution in [3.63, 3.8) is 0 Å². The van der Waals surface area contributed by atoms with Gasteiger partial charge in [-0.3, -0.25) is 0 Å². The van der Waals surface area contributed by atoms with Crippen molar-refractivity contribution in [2.75, 3.05) is 13.1 Å². The molecule has 0 bridgehead atoms. The fourth-order valence-electron chi connectivity index (χ4n) is 2.78. The number of aromatic nitrogens is 4. The van der Waals surface area contributed by atoms with Crippen LogP contribution in [0.15, 0.2) is 11.2 Å². The second kappa shape index (κ2) is 10.0. The van der Waals surface area contributed by atoms with Crippen molar-refractivity contribution in [2.45, 2.75) is 52.6 Å². The van der Waals surface area contributed by atoms with E-state index in [1.165, 1.54) is 17.7 Å². The average molecular weight is 475 g/mol. The van der Waals surface area contributed by atoms with Crippen LogP contribution in [0.3, 0.4) is 0 Å². The lowest BCUT2D eigenvalue weighted by Gasteiger charge is -2.14. The summed E-state index contributed by atoms with van der Waals surface area (Å²) >= 11 is 1.75. The van der Waals surface area contributed by atoms with Crippen LogP contribution in [0.2, 0.25) is 0 Å². The van der Waals surface area contributed by atoms with Gasteiger partial charge in [-0.2, -0.15) is 0 Å². The Balaban J connectivity index is 0.00000225. The third kappa shape index (κ3) is 5.63. The topological polar surface area (TPSA) is 80.0 Å². The molecule has 0 fully saturated rings. The van der Waals surface area contributed by atoms with E-state index in [1.54, 1.807) is 11.3 Å². The number of hydrogen-bond donors (Lipinski definition) is 2.